The lowest BCUT2D eigenvalue weighted by Crippen LogP contribution is -2.15. The molecular weight excluding hydrogens is 753 g/mol. The minimum absolute atomic E-state index is 0.0324. The van der Waals surface area contributed by atoms with Crippen molar-refractivity contribution in [1.82, 2.24) is 4.57 Å². The van der Waals surface area contributed by atoms with E-state index in [1.54, 1.807) is 0 Å². The monoisotopic (exact) mass is 796 g/mol. The summed E-state index contributed by atoms with van der Waals surface area (Å²) in [6, 6.07) is 66.6. The van der Waals surface area contributed by atoms with E-state index in [9.17, 15) is 0 Å². The van der Waals surface area contributed by atoms with Crippen LogP contribution in [-0.2, 0) is 6.42 Å². The van der Waals surface area contributed by atoms with Gasteiger partial charge >= 0.3 is 0 Å². The fourth-order valence-electron chi connectivity index (χ4n) is 9.98. The zero-order chi connectivity index (χ0) is 41.1. The first-order valence-electron chi connectivity index (χ1n) is 21.8. The van der Waals surface area contributed by atoms with Crippen LogP contribution in [0.1, 0.15) is 29.7 Å². The summed E-state index contributed by atoms with van der Waals surface area (Å²) >= 11 is 0. The van der Waals surface area contributed by atoms with Crippen LogP contribution in [-0.4, -0.2) is 10.7 Å². The average Bonchev–Trinajstić information content (AvgIpc) is 3.87. The predicted molar refractivity (Wildman–Crippen MR) is 259 cm³/mol. The Kier molecular flexibility index (Phi) is 8.67. The molecule has 0 fully saturated rings. The summed E-state index contributed by atoms with van der Waals surface area (Å²) in [4.78, 5) is 2.35. The highest BCUT2D eigenvalue weighted by Gasteiger charge is 2.33. The van der Waals surface area contributed by atoms with Crippen LogP contribution >= 0.6 is 0 Å². The first-order chi connectivity index (χ1) is 30.6. The van der Waals surface area contributed by atoms with Gasteiger partial charge in [0.2, 0.25) is 0 Å². The van der Waals surface area contributed by atoms with Gasteiger partial charge in [0.1, 0.15) is 11.9 Å². The Morgan fingerprint density at radius 1 is 0.532 bits per heavy atom. The third-order valence-electron chi connectivity index (χ3n) is 13.1. The lowest BCUT2D eigenvalue weighted by atomic mass is 9.92. The molecule has 0 bridgehead atoms. The van der Waals surface area contributed by atoms with Gasteiger partial charge in [0.05, 0.1) is 11.2 Å². The van der Waals surface area contributed by atoms with Crippen molar-refractivity contribution in [1.29, 1.82) is 0 Å². The van der Waals surface area contributed by atoms with Crippen molar-refractivity contribution >= 4 is 44.8 Å². The second-order valence-electron chi connectivity index (χ2n) is 16.9. The first kappa shape index (κ1) is 36.2. The number of ether oxygens (including phenoxy) is 1. The van der Waals surface area contributed by atoms with Crippen LogP contribution in [0, 0.1) is 5.92 Å². The van der Waals surface area contributed by atoms with Crippen molar-refractivity contribution < 1.29 is 4.74 Å². The standard InChI is InChI=1S/C59H44N2O/c1-39-21-33-52-51-16-5-8-19-56(51)61(57(52)35-39)55-18-7-4-15-50(55)42-26-30-48(31-27-42)60(49-32-34-54-53-17-6-9-20-58(53)62-59(54)38-49)47-28-24-41(25-29-47)44-13-10-14-45(36-44)46-23-22-40-11-2-3-12-43(40)37-46/h2-34,36-39,53,58H,35H2,1H3. The number of benzene rings is 8. The van der Waals surface area contributed by atoms with Crippen LogP contribution in [0.4, 0.5) is 17.1 Å². The summed E-state index contributed by atoms with van der Waals surface area (Å²) in [5.74, 6) is 1.67. The molecule has 1 aliphatic heterocycles. The quantitative estimate of drug-likeness (QED) is 0.160. The van der Waals surface area contributed by atoms with E-state index in [-0.39, 0.29) is 12.0 Å². The molecule has 296 valence electrons. The summed E-state index contributed by atoms with van der Waals surface area (Å²) < 4.78 is 9.06. The smallest absolute Gasteiger partial charge is 0.128 e. The van der Waals surface area contributed by atoms with Gasteiger partial charge in [0.25, 0.3) is 0 Å². The molecule has 3 nitrogen and oxygen atoms in total. The van der Waals surface area contributed by atoms with E-state index in [0.717, 1.165) is 29.2 Å². The molecule has 62 heavy (non-hydrogen) atoms. The number of rotatable bonds is 7. The molecule has 1 aromatic heterocycles. The summed E-state index contributed by atoms with van der Waals surface area (Å²) in [5.41, 5.74) is 16.8. The van der Waals surface area contributed by atoms with Gasteiger partial charge in [-0.1, -0.05) is 159 Å². The van der Waals surface area contributed by atoms with Crippen LogP contribution in [0.2, 0.25) is 0 Å². The third kappa shape index (κ3) is 6.20. The molecule has 8 aromatic carbocycles. The van der Waals surface area contributed by atoms with Gasteiger partial charge in [-0.15, -0.1) is 0 Å². The Balaban J connectivity index is 0.923. The molecule has 0 N–H and O–H groups in total. The number of para-hydroxylation sites is 2. The Morgan fingerprint density at radius 2 is 1.21 bits per heavy atom. The van der Waals surface area contributed by atoms with E-state index in [2.05, 4.69) is 235 Å². The molecule has 9 aromatic rings. The topological polar surface area (TPSA) is 17.4 Å². The first-order valence-corrected chi connectivity index (χ1v) is 21.8. The number of hydrogen-bond acceptors (Lipinski definition) is 2. The highest BCUT2D eigenvalue weighted by Crippen LogP contribution is 2.46. The Bertz CT molecular complexity index is 3270. The van der Waals surface area contributed by atoms with E-state index in [4.69, 9.17) is 4.74 Å². The molecule has 0 radical (unpaired) electrons. The summed E-state index contributed by atoms with van der Waals surface area (Å²) in [7, 11) is 0. The van der Waals surface area contributed by atoms with Crippen molar-refractivity contribution in [3.63, 3.8) is 0 Å². The van der Waals surface area contributed by atoms with E-state index in [1.807, 2.05) is 0 Å². The SMILES string of the molecule is CC1C=Cc2c(n(-c3ccccc3-c3ccc(N(c4ccc(-c5cccc(-c6ccc7ccccc7c6)c5)cc4)c4ccc5c(c4)OC4C=CC=CC54)cc3)c3ccccc23)C1. The zero-order valence-corrected chi connectivity index (χ0v) is 34.5. The molecule has 12 rings (SSSR count). The van der Waals surface area contributed by atoms with E-state index in [1.165, 1.54) is 77.6 Å². The lowest BCUT2D eigenvalue weighted by Gasteiger charge is -2.26. The molecular formula is C59H44N2O. The second-order valence-corrected chi connectivity index (χ2v) is 16.9. The minimum atomic E-state index is 0.0324. The fourth-order valence-corrected chi connectivity index (χ4v) is 9.98. The Morgan fingerprint density at radius 3 is 2.06 bits per heavy atom. The predicted octanol–water partition coefficient (Wildman–Crippen LogP) is 15.4. The van der Waals surface area contributed by atoms with Gasteiger partial charge in [0, 0.05) is 56.8 Å². The van der Waals surface area contributed by atoms with Gasteiger partial charge in [0.15, 0.2) is 0 Å². The van der Waals surface area contributed by atoms with Crippen LogP contribution in [0.25, 0.3) is 66.8 Å². The minimum Gasteiger partial charge on any atom is -0.485 e. The highest BCUT2D eigenvalue weighted by atomic mass is 16.5. The third-order valence-corrected chi connectivity index (χ3v) is 13.1. The maximum atomic E-state index is 6.55. The van der Waals surface area contributed by atoms with Gasteiger partial charge < -0.3 is 14.2 Å². The van der Waals surface area contributed by atoms with E-state index < -0.39 is 0 Å². The van der Waals surface area contributed by atoms with Crippen molar-refractivity contribution in [2.45, 2.75) is 25.4 Å². The molecule has 3 atom stereocenters. The van der Waals surface area contributed by atoms with Gasteiger partial charge in [-0.2, -0.15) is 0 Å². The number of hydrogen-bond donors (Lipinski definition) is 0. The lowest BCUT2D eigenvalue weighted by molar-refractivity contribution is 0.269. The van der Waals surface area contributed by atoms with Crippen molar-refractivity contribution in [2.24, 2.45) is 5.92 Å². The molecule has 3 heteroatoms. The van der Waals surface area contributed by atoms with Crippen LogP contribution < -0.4 is 9.64 Å². The Labute approximate surface area is 362 Å². The average molecular weight is 797 g/mol. The molecule has 2 heterocycles. The van der Waals surface area contributed by atoms with Crippen LogP contribution in [0.3, 0.4) is 0 Å². The van der Waals surface area contributed by atoms with Gasteiger partial charge in [-0.25, -0.2) is 0 Å². The second kappa shape index (κ2) is 14.8. The highest BCUT2D eigenvalue weighted by molar-refractivity contribution is 5.95. The molecule has 2 aliphatic carbocycles. The molecule has 0 amide bonds. The number of anilines is 3. The van der Waals surface area contributed by atoms with Crippen molar-refractivity contribution in [2.75, 3.05) is 4.90 Å². The molecule has 0 spiro atoms. The molecule has 0 saturated heterocycles. The maximum absolute atomic E-state index is 6.55. The normalized spacial score (nSPS) is 17.1. The van der Waals surface area contributed by atoms with Gasteiger partial charge in [-0.3, -0.25) is 0 Å². The van der Waals surface area contributed by atoms with Gasteiger partial charge in [-0.05, 0) is 112 Å². The summed E-state index contributed by atoms with van der Waals surface area (Å²) in [5, 5.41) is 3.81. The molecule has 0 saturated carbocycles. The maximum Gasteiger partial charge on any atom is 0.128 e. The Hall–Kier alpha value is -7.62. The van der Waals surface area contributed by atoms with E-state index in [0.29, 0.717) is 5.92 Å². The number of aromatic nitrogens is 1. The van der Waals surface area contributed by atoms with E-state index >= 15 is 0 Å². The van der Waals surface area contributed by atoms with Crippen LogP contribution in [0.5, 0.6) is 5.75 Å². The number of allylic oxidation sites excluding steroid dienone is 3. The number of nitrogens with zero attached hydrogens (tertiary/aromatic N) is 2. The fraction of sp³-hybridized carbons (Fsp3) is 0.0847. The zero-order valence-electron chi connectivity index (χ0n) is 34.5. The summed E-state index contributed by atoms with van der Waals surface area (Å²) in [6.07, 6.45) is 14.4. The van der Waals surface area contributed by atoms with Crippen molar-refractivity contribution in [3.05, 3.63) is 229 Å². The van der Waals surface area contributed by atoms with Crippen LogP contribution in [0.15, 0.2) is 212 Å². The molecule has 3 unspecified atom stereocenters. The largest absolute Gasteiger partial charge is 0.485 e. The number of fused-ring (bicyclic) bond motifs is 7. The van der Waals surface area contributed by atoms with Crippen molar-refractivity contribution in [3.8, 4) is 44.8 Å². The molecule has 3 aliphatic rings. The summed E-state index contributed by atoms with van der Waals surface area (Å²) in [6.45, 7) is 2.31.